The number of fused-ring (bicyclic) bond motifs is 1. The number of ether oxygens (including phenoxy) is 1. The largest absolute Gasteiger partial charge is 0.497 e. The summed E-state index contributed by atoms with van der Waals surface area (Å²) in [6.45, 7) is 3.08. The van der Waals surface area contributed by atoms with Crippen LogP contribution in [-0.2, 0) is 16.4 Å². The molecule has 0 radical (unpaired) electrons. The molecule has 1 aromatic heterocycles. The number of hydrogen-bond donors (Lipinski definition) is 1. The molecule has 224 valence electrons. The van der Waals surface area contributed by atoms with Crippen molar-refractivity contribution in [2.45, 2.75) is 24.2 Å². The predicted octanol–water partition coefficient (Wildman–Crippen LogP) is 4.14. The van der Waals surface area contributed by atoms with Crippen molar-refractivity contribution < 1.29 is 17.9 Å². The highest BCUT2D eigenvalue weighted by molar-refractivity contribution is 7.89. The monoisotopic (exact) mass is 600 g/mol. The van der Waals surface area contributed by atoms with Crippen LogP contribution in [0.25, 0.3) is 10.9 Å². The minimum atomic E-state index is -3.79. The number of nitrogens with one attached hydrogen (secondary N) is 1. The van der Waals surface area contributed by atoms with Crippen molar-refractivity contribution in [3.63, 3.8) is 0 Å². The molecule has 3 aromatic carbocycles. The number of carbonyl (C=O) groups excluding carboxylic acids is 1. The van der Waals surface area contributed by atoms with Crippen LogP contribution in [-0.4, -0.2) is 74.9 Å². The maximum Gasteiger partial charge on any atom is 0.259 e. The van der Waals surface area contributed by atoms with Crippen molar-refractivity contribution in [3.05, 3.63) is 100 Å². The number of rotatable bonds is 7. The number of benzene rings is 3. The van der Waals surface area contributed by atoms with E-state index in [-0.39, 0.29) is 21.8 Å². The second-order valence-electron chi connectivity index (χ2n) is 11.3. The molecule has 0 saturated carbocycles. The van der Waals surface area contributed by atoms with Gasteiger partial charge in [-0.15, -0.1) is 0 Å². The summed E-state index contributed by atoms with van der Waals surface area (Å²) in [4.78, 5) is 33.9. The number of hydrogen-bond acceptors (Lipinski definition) is 6. The molecule has 6 rings (SSSR count). The van der Waals surface area contributed by atoms with Crippen LogP contribution in [0.5, 0.6) is 5.75 Å². The van der Waals surface area contributed by atoms with Gasteiger partial charge in [0.2, 0.25) is 15.5 Å². The number of aromatic amines is 1. The Kier molecular flexibility index (Phi) is 8.23. The van der Waals surface area contributed by atoms with Gasteiger partial charge in [-0.1, -0.05) is 30.3 Å². The van der Waals surface area contributed by atoms with Gasteiger partial charge in [0.15, 0.2) is 0 Å². The number of methoxy groups -OCH3 is 1. The first-order valence-electron chi connectivity index (χ1n) is 14.7. The Bertz CT molecular complexity index is 1760. The van der Waals surface area contributed by atoms with Crippen molar-refractivity contribution in [1.82, 2.24) is 14.2 Å². The second kappa shape index (κ2) is 12.2. The Morgan fingerprint density at radius 3 is 2.28 bits per heavy atom. The lowest BCUT2D eigenvalue weighted by molar-refractivity contribution is 0.0745. The first kappa shape index (κ1) is 28.9. The number of aromatic nitrogens is 1. The van der Waals surface area contributed by atoms with E-state index in [2.05, 4.69) is 22.0 Å². The van der Waals surface area contributed by atoms with Gasteiger partial charge in [-0.25, -0.2) is 8.42 Å². The van der Waals surface area contributed by atoms with E-state index in [1.54, 1.807) is 18.1 Å². The normalized spacial score (nSPS) is 16.9. The van der Waals surface area contributed by atoms with Crippen molar-refractivity contribution in [2.75, 3.05) is 51.3 Å². The summed E-state index contributed by atoms with van der Waals surface area (Å²) in [5.74, 6) is 0.860. The summed E-state index contributed by atoms with van der Waals surface area (Å²) in [6.07, 6.45) is 3.95. The van der Waals surface area contributed by atoms with E-state index < -0.39 is 15.5 Å². The average molecular weight is 601 g/mol. The Balaban J connectivity index is 1.14. The molecule has 2 saturated heterocycles. The van der Waals surface area contributed by atoms with E-state index in [1.165, 1.54) is 28.2 Å². The quantitative estimate of drug-likeness (QED) is 0.342. The predicted molar refractivity (Wildman–Crippen MR) is 167 cm³/mol. The van der Waals surface area contributed by atoms with Gasteiger partial charge in [-0.3, -0.25) is 9.59 Å². The molecule has 0 spiro atoms. The van der Waals surface area contributed by atoms with Crippen molar-refractivity contribution in [1.29, 1.82) is 0 Å². The third kappa shape index (κ3) is 6.03. The summed E-state index contributed by atoms with van der Waals surface area (Å²) in [5.41, 5.74) is 2.36. The first-order chi connectivity index (χ1) is 20.8. The van der Waals surface area contributed by atoms with Gasteiger partial charge in [0.1, 0.15) is 11.3 Å². The molecule has 2 aliphatic rings. The summed E-state index contributed by atoms with van der Waals surface area (Å²) in [5, 5.41) is 0.197. The molecule has 1 N–H and O–H groups in total. The highest BCUT2D eigenvalue weighted by Gasteiger charge is 2.30. The van der Waals surface area contributed by atoms with Gasteiger partial charge >= 0.3 is 0 Å². The molecule has 2 fully saturated rings. The van der Waals surface area contributed by atoms with E-state index in [4.69, 9.17) is 4.74 Å². The number of amides is 1. The number of nitrogens with zero attached hydrogens (tertiary/aromatic N) is 3. The van der Waals surface area contributed by atoms with Gasteiger partial charge in [0, 0.05) is 62.1 Å². The van der Waals surface area contributed by atoms with Crippen LogP contribution in [0.1, 0.15) is 28.8 Å². The van der Waals surface area contributed by atoms with E-state index in [0.29, 0.717) is 50.7 Å². The third-order valence-electron chi connectivity index (χ3n) is 8.67. The van der Waals surface area contributed by atoms with E-state index in [0.717, 1.165) is 30.7 Å². The molecular weight excluding hydrogens is 564 g/mol. The van der Waals surface area contributed by atoms with Gasteiger partial charge in [0.05, 0.1) is 12.0 Å². The number of carbonyl (C=O) groups is 1. The molecule has 9 nitrogen and oxygen atoms in total. The van der Waals surface area contributed by atoms with Gasteiger partial charge in [-0.05, 0) is 73.2 Å². The topological polar surface area (TPSA) is 103 Å². The van der Waals surface area contributed by atoms with Gasteiger partial charge in [-0.2, -0.15) is 4.31 Å². The lowest BCUT2D eigenvalue weighted by atomic mass is 9.91. The molecule has 0 aliphatic carbocycles. The molecule has 4 aromatic rings. The second-order valence-corrected chi connectivity index (χ2v) is 13.2. The minimum absolute atomic E-state index is 0.0154. The molecule has 0 unspecified atom stereocenters. The summed E-state index contributed by atoms with van der Waals surface area (Å²) >= 11 is 0. The van der Waals surface area contributed by atoms with Gasteiger partial charge < -0.3 is 19.5 Å². The number of piperidine rings is 1. The Morgan fingerprint density at radius 1 is 0.907 bits per heavy atom. The van der Waals surface area contributed by atoms with Crippen LogP contribution in [0, 0.1) is 5.92 Å². The minimum Gasteiger partial charge on any atom is -0.497 e. The summed E-state index contributed by atoms with van der Waals surface area (Å²) in [7, 11) is -2.16. The Morgan fingerprint density at radius 2 is 1.60 bits per heavy atom. The molecule has 43 heavy (non-hydrogen) atoms. The maximum atomic E-state index is 13.6. The lowest BCUT2D eigenvalue weighted by Crippen LogP contribution is -2.49. The molecule has 3 heterocycles. The third-order valence-corrected chi connectivity index (χ3v) is 10.6. The Hall–Kier alpha value is -4.15. The number of piperazine rings is 1. The van der Waals surface area contributed by atoms with Crippen molar-refractivity contribution in [2.24, 2.45) is 5.92 Å². The van der Waals surface area contributed by atoms with Crippen LogP contribution in [0.4, 0.5) is 5.69 Å². The number of H-pyrrole nitrogens is 1. The fourth-order valence-corrected chi connectivity index (χ4v) is 7.59. The lowest BCUT2D eigenvalue weighted by Gasteiger charge is -2.36. The zero-order chi connectivity index (χ0) is 30.0. The van der Waals surface area contributed by atoms with Crippen LogP contribution in [0.15, 0.2) is 88.7 Å². The maximum absolute atomic E-state index is 13.6. The zero-order valence-electron chi connectivity index (χ0n) is 24.2. The first-order valence-corrected chi connectivity index (χ1v) is 16.2. The molecule has 0 bridgehead atoms. The highest BCUT2D eigenvalue weighted by Crippen LogP contribution is 2.27. The molecule has 1 amide bonds. The van der Waals surface area contributed by atoms with Crippen LogP contribution < -0.4 is 15.1 Å². The highest BCUT2D eigenvalue weighted by atomic mass is 32.2. The number of pyridine rings is 1. The zero-order valence-corrected chi connectivity index (χ0v) is 25.1. The van der Waals surface area contributed by atoms with Crippen LogP contribution in [0.2, 0.25) is 0 Å². The standard InChI is InChI=1S/C33H36N4O5S/c1-42-27-9-7-26(8-10-27)35-17-19-36(20-18-35)33(39)30-23-34-31-12-11-28(22-29(31)32(30)38)43(40,41)37-15-13-25(14-16-37)21-24-5-3-2-4-6-24/h2-12,22-23,25H,13-21H2,1H3,(H,34,38). The fraction of sp³-hybridized carbons (Fsp3) is 0.333. The Labute approximate surface area is 251 Å². The fourth-order valence-electron chi connectivity index (χ4n) is 6.10. The molecular formula is C33H36N4O5S. The average Bonchev–Trinajstić information content (AvgIpc) is 3.05. The SMILES string of the molecule is COc1ccc(N2CCN(C(=O)c3c[nH]c4ccc(S(=O)(=O)N5CCC(Cc6ccccc6)CC5)cc4c3=O)CC2)cc1. The molecule has 2 aliphatic heterocycles. The number of sulfonamides is 1. The van der Waals surface area contributed by atoms with E-state index >= 15 is 0 Å². The van der Waals surface area contributed by atoms with Crippen molar-refractivity contribution >= 4 is 32.5 Å². The smallest absolute Gasteiger partial charge is 0.259 e. The van der Waals surface area contributed by atoms with Crippen LogP contribution >= 0.6 is 0 Å². The van der Waals surface area contributed by atoms with Crippen LogP contribution in [0.3, 0.4) is 0 Å². The van der Waals surface area contributed by atoms with E-state index in [9.17, 15) is 18.0 Å². The summed E-state index contributed by atoms with van der Waals surface area (Å²) < 4.78 is 33.9. The number of anilines is 1. The molecule has 10 heteroatoms. The van der Waals surface area contributed by atoms with Crippen molar-refractivity contribution in [3.8, 4) is 5.75 Å². The summed E-state index contributed by atoms with van der Waals surface area (Å²) in [6, 6.07) is 22.6. The van der Waals surface area contributed by atoms with E-state index in [1.807, 2.05) is 42.5 Å². The molecule has 0 atom stereocenters. The van der Waals surface area contributed by atoms with Gasteiger partial charge in [0.25, 0.3) is 5.91 Å².